The first-order valence-electron chi connectivity index (χ1n) is 7.79. The van der Waals surface area contributed by atoms with E-state index >= 15 is 0 Å². The SMILES string of the molecule is C[C@H](COc1ccc(F)cc1F)NC(=O)N1CCC(C(N)=O)CC1. The lowest BCUT2D eigenvalue weighted by atomic mass is 9.96. The Morgan fingerprint density at radius 1 is 1.38 bits per heavy atom. The van der Waals surface area contributed by atoms with Gasteiger partial charge in [0, 0.05) is 25.1 Å². The van der Waals surface area contributed by atoms with Crippen LogP contribution in [0, 0.1) is 17.6 Å². The Morgan fingerprint density at radius 3 is 2.62 bits per heavy atom. The van der Waals surface area contributed by atoms with Crippen molar-refractivity contribution in [3.8, 4) is 5.75 Å². The van der Waals surface area contributed by atoms with Gasteiger partial charge < -0.3 is 20.7 Å². The molecule has 0 aliphatic carbocycles. The normalized spacial score (nSPS) is 16.5. The van der Waals surface area contributed by atoms with E-state index in [9.17, 15) is 18.4 Å². The molecule has 8 heteroatoms. The topological polar surface area (TPSA) is 84.7 Å². The summed E-state index contributed by atoms with van der Waals surface area (Å²) in [6.45, 7) is 2.68. The number of ether oxygens (including phenoxy) is 1. The average Bonchev–Trinajstić information content (AvgIpc) is 2.54. The number of amides is 3. The van der Waals surface area contributed by atoms with Gasteiger partial charge in [0.1, 0.15) is 12.4 Å². The Kier molecular flexibility index (Phi) is 5.94. The van der Waals surface area contributed by atoms with Gasteiger partial charge in [-0.1, -0.05) is 0 Å². The highest BCUT2D eigenvalue weighted by molar-refractivity contribution is 5.78. The van der Waals surface area contributed by atoms with Crippen LogP contribution in [0.25, 0.3) is 0 Å². The molecule has 1 aromatic carbocycles. The zero-order chi connectivity index (χ0) is 17.7. The molecule has 0 bridgehead atoms. The molecular weight excluding hydrogens is 320 g/mol. The van der Waals surface area contributed by atoms with Gasteiger partial charge in [0.2, 0.25) is 5.91 Å². The van der Waals surface area contributed by atoms with Crippen LogP contribution in [0.4, 0.5) is 13.6 Å². The van der Waals surface area contributed by atoms with Crippen LogP contribution < -0.4 is 15.8 Å². The molecule has 1 fully saturated rings. The molecule has 1 heterocycles. The summed E-state index contributed by atoms with van der Waals surface area (Å²) < 4.78 is 31.5. The molecule has 3 N–H and O–H groups in total. The maximum Gasteiger partial charge on any atom is 0.317 e. The number of primary amides is 1. The van der Waals surface area contributed by atoms with Crippen molar-refractivity contribution in [2.45, 2.75) is 25.8 Å². The number of hydrogen-bond acceptors (Lipinski definition) is 3. The number of nitrogens with two attached hydrogens (primary N) is 1. The summed E-state index contributed by atoms with van der Waals surface area (Å²) in [6, 6.07) is 2.41. The van der Waals surface area contributed by atoms with Gasteiger partial charge in [-0.15, -0.1) is 0 Å². The van der Waals surface area contributed by atoms with E-state index in [1.54, 1.807) is 11.8 Å². The van der Waals surface area contributed by atoms with Crippen molar-refractivity contribution < 1.29 is 23.1 Å². The second-order valence-corrected chi connectivity index (χ2v) is 5.90. The average molecular weight is 341 g/mol. The van der Waals surface area contributed by atoms with Crippen LogP contribution >= 0.6 is 0 Å². The lowest BCUT2D eigenvalue weighted by Crippen LogP contribution is -2.49. The number of halogens is 2. The molecule has 3 amide bonds. The number of piperidine rings is 1. The van der Waals surface area contributed by atoms with Gasteiger partial charge in [0.05, 0.1) is 6.04 Å². The van der Waals surface area contributed by atoms with Crippen LogP contribution in [0.3, 0.4) is 0 Å². The minimum atomic E-state index is -0.790. The molecule has 0 radical (unpaired) electrons. The molecule has 2 rings (SSSR count). The van der Waals surface area contributed by atoms with Gasteiger partial charge in [-0.05, 0) is 31.9 Å². The summed E-state index contributed by atoms with van der Waals surface area (Å²) in [5.41, 5.74) is 5.26. The summed E-state index contributed by atoms with van der Waals surface area (Å²) >= 11 is 0. The molecule has 24 heavy (non-hydrogen) atoms. The second-order valence-electron chi connectivity index (χ2n) is 5.90. The summed E-state index contributed by atoms with van der Waals surface area (Å²) in [6.07, 6.45) is 1.10. The second kappa shape index (κ2) is 7.94. The van der Waals surface area contributed by atoms with E-state index in [1.165, 1.54) is 6.07 Å². The molecule has 1 atom stereocenters. The predicted octanol–water partition coefficient (Wildman–Crippen LogP) is 1.64. The molecular formula is C16H21F2N3O3. The van der Waals surface area contributed by atoms with E-state index in [0.29, 0.717) is 25.9 Å². The number of likely N-dealkylation sites (tertiary alicyclic amines) is 1. The zero-order valence-electron chi connectivity index (χ0n) is 13.4. The van der Waals surface area contributed by atoms with Gasteiger partial charge in [-0.3, -0.25) is 4.79 Å². The summed E-state index contributed by atoms with van der Waals surface area (Å²) in [5.74, 6) is -2.06. The Morgan fingerprint density at radius 2 is 2.04 bits per heavy atom. The number of urea groups is 1. The van der Waals surface area contributed by atoms with Crippen molar-refractivity contribution in [2.24, 2.45) is 11.7 Å². The van der Waals surface area contributed by atoms with Crippen LogP contribution in [-0.2, 0) is 4.79 Å². The Balaban J connectivity index is 1.77. The third-order valence-electron chi connectivity index (χ3n) is 3.94. The number of nitrogens with one attached hydrogen (secondary N) is 1. The minimum absolute atomic E-state index is 0.0477. The van der Waals surface area contributed by atoms with E-state index in [1.807, 2.05) is 0 Å². The summed E-state index contributed by atoms with van der Waals surface area (Å²) in [5, 5.41) is 2.74. The van der Waals surface area contributed by atoms with E-state index in [2.05, 4.69) is 5.32 Å². The Bertz CT molecular complexity index is 604. The lowest BCUT2D eigenvalue weighted by Gasteiger charge is -2.31. The molecule has 1 aliphatic rings. The van der Waals surface area contributed by atoms with Crippen LogP contribution in [0.1, 0.15) is 19.8 Å². The quantitative estimate of drug-likeness (QED) is 0.854. The molecule has 1 saturated heterocycles. The number of benzene rings is 1. The first kappa shape index (κ1) is 18.0. The van der Waals surface area contributed by atoms with Crippen LogP contribution in [0.5, 0.6) is 5.75 Å². The monoisotopic (exact) mass is 341 g/mol. The smallest absolute Gasteiger partial charge is 0.317 e. The summed E-state index contributed by atoms with van der Waals surface area (Å²) in [4.78, 5) is 24.8. The van der Waals surface area contributed by atoms with E-state index in [-0.39, 0.29) is 36.3 Å². The highest BCUT2D eigenvalue weighted by Gasteiger charge is 2.26. The number of hydrogen-bond donors (Lipinski definition) is 2. The zero-order valence-corrected chi connectivity index (χ0v) is 13.4. The van der Waals surface area contributed by atoms with Gasteiger partial charge >= 0.3 is 6.03 Å². The third kappa shape index (κ3) is 4.81. The maximum absolute atomic E-state index is 13.5. The Hall–Kier alpha value is -2.38. The van der Waals surface area contributed by atoms with Crippen LogP contribution in [-0.4, -0.2) is 42.6 Å². The lowest BCUT2D eigenvalue weighted by molar-refractivity contribution is -0.123. The molecule has 132 valence electrons. The van der Waals surface area contributed by atoms with E-state index in [0.717, 1.165) is 12.1 Å². The molecule has 0 unspecified atom stereocenters. The van der Waals surface area contributed by atoms with Crippen molar-refractivity contribution in [3.63, 3.8) is 0 Å². The number of carbonyl (C=O) groups is 2. The molecule has 0 spiro atoms. The molecule has 0 saturated carbocycles. The fourth-order valence-electron chi connectivity index (χ4n) is 2.52. The maximum atomic E-state index is 13.5. The van der Waals surface area contributed by atoms with Crippen molar-refractivity contribution >= 4 is 11.9 Å². The van der Waals surface area contributed by atoms with Gasteiger partial charge in [0.25, 0.3) is 0 Å². The Labute approximate surface area is 138 Å². The van der Waals surface area contributed by atoms with Gasteiger partial charge in [-0.2, -0.15) is 0 Å². The van der Waals surface area contributed by atoms with Gasteiger partial charge in [0.15, 0.2) is 11.6 Å². The standard InChI is InChI=1S/C16H21F2N3O3/c1-10(9-24-14-3-2-12(17)8-13(14)18)20-16(23)21-6-4-11(5-7-21)15(19)22/h2-3,8,10-11H,4-7,9H2,1H3,(H2,19,22)(H,20,23)/t10-/m1/s1. The molecule has 1 aromatic rings. The van der Waals surface area contributed by atoms with Crippen molar-refractivity contribution in [3.05, 3.63) is 29.8 Å². The van der Waals surface area contributed by atoms with Crippen molar-refractivity contribution in [1.29, 1.82) is 0 Å². The minimum Gasteiger partial charge on any atom is -0.488 e. The first-order valence-corrected chi connectivity index (χ1v) is 7.79. The van der Waals surface area contributed by atoms with Crippen LogP contribution in [0.2, 0.25) is 0 Å². The highest BCUT2D eigenvalue weighted by atomic mass is 19.1. The fourth-order valence-corrected chi connectivity index (χ4v) is 2.52. The predicted molar refractivity (Wildman–Crippen MR) is 83.3 cm³/mol. The van der Waals surface area contributed by atoms with E-state index < -0.39 is 11.6 Å². The highest BCUT2D eigenvalue weighted by Crippen LogP contribution is 2.18. The van der Waals surface area contributed by atoms with Crippen molar-refractivity contribution in [1.82, 2.24) is 10.2 Å². The molecule has 0 aromatic heterocycles. The molecule has 1 aliphatic heterocycles. The van der Waals surface area contributed by atoms with Crippen LogP contribution in [0.15, 0.2) is 18.2 Å². The first-order chi connectivity index (χ1) is 11.4. The fraction of sp³-hybridized carbons (Fsp3) is 0.500. The summed E-state index contributed by atoms with van der Waals surface area (Å²) in [7, 11) is 0. The number of nitrogens with zero attached hydrogens (tertiary/aromatic N) is 1. The van der Waals surface area contributed by atoms with E-state index in [4.69, 9.17) is 10.5 Å². The third-order valence-corrected chi connectivity index (χ3v) is 3.94. The largest absolute Gasteiger partial charge is 0.488 e. The van der Waals surface area contributed by atoms with Crippen molar-refractivity contribution in [2.75, 3.05) is 19.7 Å². The van der Waals surface area contributed by atoms with Gasteiger partial charge in [-0.25, -0.2) is 13.6 Å². The number of carbonyl (C=O) groups excluding carboxylic acids is 2. The number of rotatable bonds is 5. The molecule has 6 nitrogen and oxygen atoms in total.